The normalized spacial score (nSPS) is 38.9. The number of furan rings is 1. The van der Waals surface area contributed by atoms with E-state index in [9.17, 15) is 0 Å². The molecule has 0 spiro atoms. The Morgan fingerprint density at radius 1 is 1.20 bits per heavy atom. The molecule has 3 heteroatoms. The molecule has 1 heterocycles. The van der Waals surface area contributed by atoms with Crippen molar-refractivity contribution >= 4 is 0 Å². The summed E-state index contributed by atoms with van der Waals surface area (Å²) in [5, 5.41) is 0. The average Bonchev–Trinajstić information content (AvgIpc) is 2.85. The topological polar surface area (TPSA) is 42.4 Å². The number of rotatable bonds is 4. The zero-order valence-electron chi connectivity index (χ0n) is 12.5. The van der Waals surface area contributed by atoms with Crippen molar-refractivity contribution in [2.24, 2.45) is 23.5 Å². The molecule has 0 amide bonds. The van der Waals surface area contributed by atoms with Crippen LogP contribution in [0.15, 0.2) is 16.7 Å². The summed E-state index contributed by atoms with van der Waals surface area (Å²) >= 11 is 0. The lowest BCUT2D eigenvalue weighted by molar-refractivity contribution is -0.0838. The molecule has 4 saturated carbocycles. The van der Waals surface area contributed by atoms with Crippen LogP contribution in [0, 0.1) is 17.8 Å². The van der Waals surface area contributed by atoms with Crippen molar-refractivity contribution in [1.29, 1.82) is 0 Å². The van der Waals surface area contributed by atoms with Crippen LogP contribution in [0.1, 0.15) is 49.8 Å². The summed E-state index contributed by atoms with van der Waals surface area (Å²) in [6.45, 7) is 1.51. The lowest BCUT2D eigenvalue weighted by atomic mass is 9.52. The third-order valence-corrected chi connectivity index (χ3v) is 6.15. The summed E-state index contributed by atoms with van der Waals surface area (Å²) in [5.74, 6) is 4.07. The van der Waals surface area contributed by atoms with Crippen LogP contribution >= 0.6 is 0 Å². The molecule has 4 fully saturated rings. The zero-order chi connectivity index (χ0) is 13.7. The Hall–Kier alpha value is -0.800. The molecular weight excluding hydrogens is 248 g/mol. The van der Waals surface area contributed by atoms with Gasteiger partial charge in [-0.2, -0.15) is 0 Å². The maximum absolute atomic E-state index is 5.67. The highest BCUT2D eigenvalue weighted by Gasteiger charge is 2.52. The van der Waals surface area contributed by atoms with Crippen molar-refractivity contribution in [3.63, 3.8) is 0 Å². The van der Waals surface area contributed by atoms with Gasteiger partial charge in [0, 0.05) is 17.6 Å². The minimum Gasteiger partial charge on any atom is -0.468 e. The zero-order valence-corrected chi connectivity index (χ0v) is 12.5. The smallest absolute Gasteiger partial charge is 0.118 e. The van der Waals surface area contributed by atoms with E-state index < -0.39 is 0 Å². The first kappa shape index (κ1) is 12.9. The molecule has 1 aromatic heterocycles. The number of nitrogens with two attached hydrogens (primary N) is 1. The number of nitrogens with zero attached hydrogens (tertiary/aromatic N) is 1. The fourth-order valence-corrected chi connectivity index (χ4v) is 5.55. The highest BCUT2D eigenvalue weighted by Crippen LogP contribution is 2.57. The fraction of sp³-hybridized carbons (Fsp3) is 0.765. The molecule has 0 aromatic carbocycles. The number of hydrogen-bond acceptors (Lipinski definition) is 3. The van der Waals surface area contributed by atoms with Gasteiger partial charge in [-0.25, -0.2) is 0 Å². The maximum Gasteiger partial charge on any atom is 0.118 e. The molecule has 2 N–H and O–H groups in total. The molecule has 0 unspecified atom stereocenters. The first-order valence-corrected chi connectivity index (χ1v) is 8.14. The van der Waals surface area contributed by atoms with E-state index in [0.29, 0.717) is 12.1 Å². The van der Waals surface area contributed by atoms with Gasteiger partial charge in [0.25, 0.3) is 0 Å². The summed E-state index contributed by atoms with van der Waals surface area (Å²) < 4.78 is 5.67. The second-order valence-corrected chi connectivity index (χ2v) is 7.62. The third-order valence-electron chi connectivity index (χ3n) is 6.15. The molecule has 4 bridgehead atoms. The van der Waals surface area contributed by atoms with Gasteiger partial charge in [0.15, 0.2) is 0 Å². The van der Waals surface area contributed by atoms with E-state index in [4.69, 9.17) is 10.2 Å². The molecule has 20 heavy (non-hydrogen) atoms. The molecular formula is C17H26N2O. The molecule has 4 aliphatic carbocycles. The Morgan fingerprint density at radius 2 is 1.80 bits per heavy atom. The van der Waals surface area contributed by atoms with E-state index in [2.05, 4.69) is 18.0 Å². The van der Waals surface area contributed by atoms with Gasteiger partial charge in [0.2, 0.25) is 0 Å². The minimum atomic E-state index is 0.463. The van der Waals surface area contributed by atoms with Crippen LogP contribution in [0.3, 0.4) is 0 Å². The van der Waals surface area contributed by atoms with Crippen molar-refractivity contribution in [2.75, 3.05) is 7.05 Å². The second-order valence-electron chi connectivity index (χ2n) is 7.62. The summed E-state index contributed by atoms with van der Waals surface area (Å²) in [6, 6.07) is 2.12. The summed E-state index contributed by atoms with van der Waals surface area (Å²) in [4.78, 5) is 2.59. The van der Waals surface area contributed by atoms with Crippen LogP contribution in [-0.4, -0.2) is 17.5 Å². The summed E-state index contributed by atoms with van der Waals surface area (Å²) in [7, 11) is 2.30. The van der Waals surface area contributed by atoms with E-state index in [0.717, 1.165) is 35.6 Å². The van der Waals surface area contributed by atoms with Gasteiger partial charge in [0.1, 0.15) is 5.76 Å². The predicted molar refractivity (Wildman–Crippen MR) is 79.0 cm³/mol. The quantitative estimate of drug-likeness (QED) is 0.917. The van der Waals surface area contributed by atoms with Crippen LogP contribution in [0.4, 0.5) is 0 Å². The monoisotopic (exact) mass is 274 g/mol. The molecule has 3 nitrogen and oxygen atoms in total. The first-order valence-electron chi connectivity index (χ1n) is 8.14. The van der Waals surface area contributed by atoms with Gasteiger partial charge in [-0.3, -0.25) is 4.90 Å². The largest absolute Gasteiger partial charge is 0.468 e. The fourth-order valence-electron chi connectivity index (χ4n) is 5.55. The molecule has 4 aliphatic rings. The van der Waals surface area contributed by atoms with Crippen molar-refractivity contribution < 1.29 is 4.42 Å². The highest BCUT2D eigenvalue weighted by molar-refractivity contribution is 5.14. The van der Waals surface area contributed by atoms with E-state index >= 15 is 0 Å². The van der Waals surface area contributed by atoms with Gasteiger partial charge in [-0.15, -0.1) is 0 Å². The molecule has 0 atom stereocenters. The van der Waals surface area contributed by atoms with Crippen LogP contribution in [0.5, 0.6) is 0 Å². The summed E-state index contributed by atoms with van der Waals surface area (Å²) in [6.07, 6.45) is 10.6. The lowest BCUT2D eigenvalue weighted by Crippen LogP contribution is -2.58. The van der Waals surface area contributed by atoms with Crippen molar-refractivity contribution in [2.45, 2.75) is 57.2 Å². The van der Waals surface area contributed by atoms with Crippen LogP contribution < -0.4 is 5.73 Å². The van der Waals surface area contributed by atoms with E-state index in [-0.39, 0.29) is 0 Å². The Balaban J connectivity index is 1.51. The highest BCUT2D eigenvalue weighted by atomic mass is 16.3. The van der Waals surface area contributed by atoms with Crippen LogP contribution in [0.2, 0.25) is 0 Å². The Bertz CT molecular complexity index is 458. The molecule has 0 saturated heterocycles. The van der Waals surface area contributed by atoms with Gasteiger partial charge in [-0.1, -0.05) is 0 Å². The minimum absolute atomic E-state index is 0.463. The third kappa shape index (κ3) is 2.03. The standard InChI is InChI=1S/C17H26N2O/c1-19(10-16-5-15(9-18)11-20-16)17-6-12-2-13(7-17)4-14(3-12)8-17/h5,11-14H,2-4,6-10,18H2,1H3. The predicted octanol–water partition coefficient (Wildman–Crippen LogP) is 3.14. The molecule has 5 rings (SSSR count). The van der Waals surface area contributed by atoms with Crippen molar-refractivity contribution in [3.8, 4) is 0 Å². The van der Waals surface area contributed by atoms with Gasteiger partial charge in [-0.05, 0) is 69.4 Å². The van der Waals surface area contributed by atoms with Gasteiger partial charge < -0.3 is 10.2 Å². The van der Waals surface area contributed by atoms with Crippen molar-refractivity contribution in [1.82, 2.24) is 4.90 Å². The maximum atomic E-state index is 5.67. The lowest BCUT2D eigenvalue weighted by Gasteiger charge is -2.59. The molecule has 1 aromatic rings. The molecule has 110 valence electrons. The van der Waals surface area contributed by atoms with E-state index in [1.807, 2.05) is 6.26 Å². The van der Waals surface area contributed by atoms with E-state index in [1.54, 1.807) is 0 Å². The van der Waals surface area contributed by atoms with Crippen LogP contribution in [0.25, 0.3) is 0 Å². The Morgan fingerprint density at radius 3 is 2.30 bits per heavy atom. The second kappa shape index (κ2) is 4.60. The first-order chi connectivity index (χ1) is 9.67. The van der Waals surface area contributed by atoms with E-state index in [1.165, 1.54) is 38.5 Å². The van der Waals surface area contributed by atoms with Crippen molar-refractivity contribution in [3.05, 3.63) is 23.7 Å². The van der Waals surface area contributed by atoms with Gasteiger partial charge >= 0.3 is 0 Å². The SMILES string of the molecule is CN(Cc1cc(CN)co1)C12CC3CC(CC(C3)C1)C2. The Labute approximate surface area is 121 Å². The molecule has 0 aliphatic heterocycles. The van der Waals surface area contributed by atoms with Gasteiger partial charge in [0.05, 0.1) is 12.8 Å². The molecule has 0 radical (unpaired) electrons. The summed E-state index contributed by atoms with van der Waals surface area (Å²) in [5.41, 5.74) is 7.24. The average molecular weight is 274 g/mol. The van der Waals surface area contributed by atoms with Crippen LogP contribution in [-0.2, 0) is 13.1 Å². The Kier molecular flexibility index (Phi) is 2.97. The number of hydrogen-bond donors (Lipinski definition) is 1.